The topological polar surface area (TPSA) is 86.7 Å². The highest BCUT2D eigenvalue weighted by atomic mass is 32.2. The first-order chi connectivity index (χ1) is 9.47. The SMILES string of the molecule is O=C(O)C=Cc1cccc(NS(=O)(=O)N2CCCC2)c1. The van der Waals surface area contributed by atoms with E-state index in [9.17, 15) is 13.2 Å². The van der Waals surface area contributed by atoms with Gasteiger partial charge >= 0.3 is 16.2 Å². The van der Waals surface area contributed by atoms with E-state index in [2.05, 4.69) is 4.72 Å². The predicted octanol–water partition coefficient (Wildman–Crippen LogP) is 1.54. The van der Waals surface area contributed by atoms with Crippen LogP contribution in [0, 0.1) is 0 Å². The Kier molecular flexibility index (Phi) is 4.41. The Balaban J connectivity index is 2.13. The number of carbonyl (C=O) groups is 1. The van der Waals surface area contributed by atoms with Gasteiger partial charge in [-0.25, -0.2) is 4.79 Å². The lowest BCUT2D eigenvalue weighted by Crippen LogP contribution is -2.33. The van der Waals surface area contributed by atoms with Crippen LogP contribution in [-0.2, 0) is 15.0 Å². The van der Waals surface area contributed by atoms with Crippen LogP contribution in [0.3, 0.4) is 0 Å². The highest BCUT2D eigenvalue weighted by Gasteiger charge is 2.24. The van der Waals surface area contributed by atoms with Gasteiger partial charge in [0.05, 0.1) is 5.69 Å². The molecule has 0 amide bonds. The molecule has 2 N–H and O–H groups in total. The van der Waals surface area contributed by atoms with Crippen LogP contribution >= 0.6 is 0 Å². The van der Waals surface area contributed by atoms with Gasteiger partial charge in [0.15, 0.2) is 0 Å². The normalized spacial score (nSPS) is 16.6. The minimum absolute atomic E-state index is 0.421. The molecule has 108 valence electrons. The molecule has 1 aromatic rings. The number of rotatable bonds is 5. The van der Waals surface area contributed by atoms with Gasteiger partial charge in [-0.15, -0.1) is 0 Å². The van der Waals surface area contributed by atoms with Gasteiger partial charge in [-0.3, -0.25) is 4.72 Å². The van der Waals surface area contributed by atoms with E-state index in [1.165, 1.54) is 10.4 Å². The molecule has 0 aliphatic carbocycles. The van der Waals surface area contributed by atoms with Crippen LogP contribution in [0.15, 0.2) is 30.3 Å². The van der Waals surface area contributed by atoms with Crippen molar-refractivity contribution in [2.75, 3.05) is 17.8 Å². The molecule has 1 aliphatic rings. The van der Waals surface area contributed by atoms with Crippen LogP contribution in [0.4, 0.5) is 5.69 Å². The molecule has 1 aromatic carbocycles. The summed E-state index contributed by atoms with van der Waals surface area (Å²) in [6.07, 6.45) is 4.18. The van der Waals surface area contributed by atoms with E-state index in [1.807, 2.05) is 0 Å². The molecule has 20 heavy (non-hydrogen) atoms. The zero-order valence-electron chi connectivity index (χ0n) is 10.8. The minimum atomic E-state index is -3.52. The number of carboxylic acids is 1. The van der Waals surface area contributed by atoms with E-state index in [1.54, 1.807) is 24.3 Å². The van der Waals surface area contributed by atoms with Crippen molar-refractivity contribution < 1.29 is 18.3 Å². The van der Waals surface area contributed by atoms with Crippen molar-refractivity contribution in [3.05, 3.63) is 35.9 Å². The highest BCUT2D eigenvalue weighted by Crippen LogP contribution is 2.18. The number of hydrogen-bond acceptors (Lipinski definition) is 3. The summed E-state index contributed by atoms with van der Waals surface area (Å²) >= 11 is 0. The fourth-order valence-corrected chi connectivity index (χ4v) is 3.31. The fraction of sp³-hybridized carbons (Fsp3) is 0.308. The van der Waals surface area contributed by atoms with Gasteiger partial charge in [0, 0.05) is 19.2 Å². The summed E-state index contributed by atoms with van der Waals surface area (Å²) in [5.41, 5.74) is 1.04. The second-order valence-electron chi connectivity index (χ2n) is 4.51. The Morgan fingerprint density at radius 3 is 2.65 bits per heavy atom. The third-order valence-electron chi connectivity index (χ3n) is 2.96. The van der Waals surface area contributed by atoms with Gasteiger partial charge in [0.1, 0.15) is 0 Å². The second kappa shape index (κ2) is 6.06. The molecule has 1 fully saturated rings. The molecule has 1 saturated heterocycles. The first-order valence-corrected chi connectivity index (χ1v) is 7.70. The van der Waals surface area contributed by atoms with Crippen LogP contribution < -0.4 is 4.72 Å². The molecule has 0 unspecified atom stereocenters. The Labute approximate surface area is 117 Å². The largest absolute Gasteiger partial charge is 0.478 e. The molecule has 1 aliphatic heterocycles. The number of aliphatic carboxylic acids is 1. The van der Waals surface area contributed by atoms with Crippen LogP contribution in [0.25, 0.3) is 6.08 Å². The fourth-order valence-electron chi connectivity index (χ4n) is 2.02. The van der Waals surface area contributed by atoms with Crippen LogP contribution in [0.2, 0.25) is 0 Å². The van der Waals surface area contributed by atoms with Crippen molar-refractivity contribution in [3.8, 4) is 0 Å². The number of nitrogens with one attached hydrogen (secondary N) is 1. The lowest BCUT2D eigenvalue weighted by molar-refractivity contribution is -0.131. The van der Waals surface area contributed by atoms with Crippen molar-refractivity contribution in [3.63, 3.8) is 0 Å². The van der Waals surface area contributed by atoms with Gasteiger partial charge in [-0.05, 0) is 36.6 Å². The zero-order valence-corrected chi connectivity index (χ0v) is 11.6. The van der Waals surface area contributed by atoms with Crippen molar-refractivity contribution >= 4 is 27.9 Å². The number of benzene rings is 1. The molecule has 7 heteroatoms. The molecule has 0 radical (unpaired) electrons. The maximum Gasteiger partial charge on any atom is 0.328 e. The summed E-state index contributed by atoms with van der Waals surface area (Å²) in [5, 5.41) is 8.57. The number of carboxylic acid groups (broad SMARTS) is 1. The lowest BCUT2D eigenvalue weighted by atomic mass is 10.2. The summed E-state index contributed by atoms with van der Waals surface area (Å²) in [5.74, 6) is -1.05. The number of nitrogens with zero attached hydrogens (tertiary/aromatic N) is 1. The summed E-state index contributed by atoms with van der Waals surface area (Å²) < 4.78 is 28.1. The van der Waals surface area contributed by atoms with E-state index < -0.39 is 16.2 Å². The maximum atomic E-state index is 12.1. The van der Waals surface area contributed by atoms with Crippen molar-refractivity contribution in [2.45, 2.75) is 12.8 Å². The molecule has 1 heterocycles. The summed E-state index contributed by atoms with van der Waals surface area (Å²) in [6.45, 7) is 1.07. The molecule has 0 aromatic heterocycles. The van der Waals surface area contributed by atoms with Gasteiger partial charge < -0.3 is 5.11 Å². The highest BCUT2D eigenvalue weighted by molar-refractivity contribution is 7.90. The Morgan fingerprint density at radius 2 is 2.00 bits per heavy atom. The first kappa shape index (κ1) is 14.5. The maximum absolute atomic E-state index is 12.1. The number of hydrogen-bond donors (Lipinski definition) is 2. The Bertz CT molecular complexity index is 619. The molecule has 0 bridgehead atoms. The summed E-state index contributed by atoms with van der Waals surface area (Å²) in [7, 11) is -3.52. The standard InChI is InChI=1S/C13H16N2O4S/c16-13(17)7-6-11-4-3-5-12(10-11)14-20(18,19)15-8-1-2-9-15/h3-7,10,14H,1-2,8-9H2,(H,16,17). The second-order valence-corrected chi connectivity index (χ2v) is 6.18. The van der Waals surface area contributed by atoms with E-state index >= 15 is 0 Å². The van der Waals surface area contributed by atoms with Gasteiger partial charge in [0.25, 0.3) is 0 Å². The van der Waals surface area contributed by atoms with E-state index in [0.717, 1.165) is 18.9 Å². The Hall–Kier alpha value is -1.86. The molecule has 0 spiro atoms. The average molecular weight is 296 g/mol. The quantitative estimate of drug-likeness (QED) is 0.807. The Morgan fingerprint density at radius 1 is 1.30 bits per heavy atom. The van der Waals surface area contributed by atoms with E-state index in [4.69, 9.17) is 5.11 Å². The van der Waals surface area contributed by atoms with E-state index in [-0.39, 0.29) is 0 Å². The molecular weight excluding hydrogens is 280 g/mol. The van der Waals surface area contributed by atoms with Crippen molar-refractivity contribution in [1.82, 2.24) is 4.31 Å². The molecule has 0 atom stereocenters. The zero-order chi connectivity index (χ0) is 14.6. The summed E-state index contributed by atoms with van der Waals surface area (Å²) in [6, 6.07) is 6.59. The monoisotopic (exact) mass is 296 g/mol. The van der Waals surface area contributed by atoms with Crippen LogP contribution in [0.5, 0.6) is 0 Å². The third-order valence-corrected chi connectivity index (χ3v) is 4.50. The molecule has 0 saturated carbocycles. The summed E-state index contributed by atoms with van der Waals surface area (Å²) in [4.78, 5) is 10.5. The minimum Gasteiger partial charge on any atom is -0.478 e. The van der Waals surface area contributed by atoms with Crippen LogP contribution in [-0.4, -0.2) is 36.9 Å². The molecule has 6 nitrogen and oxygen atoms in total. The predicted molar refractivity (Wildman–Crippen MR) is 76.5 cm³/mol. The molecule has 2 rings (SSSR count). The van der Waals surface area contributed by atoms with Gasteiger partial charge in [0.2, 0.25) is 0 Å². The smallest absolute Gasteiger partial charge is 0.328 e. The first-order valence-electron chi connectivity index (χ1n) is 6.26. The van der Waals surface area contributed by atoms with Gasteiger partial charge in [-0.1, -0.05) is 12.1 Å². The van der Waals surface area contributed by atoms with Crippen molar-refractivity contribution in [1.29, 1.82) is 0 Å². The molecular formula is C13H16N2O4S. The van der Waals surface area contributed by atoms with Crippen molar-refractivity contribution in [2.24, 2.45) is 0 Å². The van der Waals surface area contributed by atoms with Gasteiger partial charge in [-0.2, -0.15) is 12.7 Å². The van der Waals surface area contributed by atoms with E-state index in [0.29, 0.717) is 24.3 Å². The lowest BCUT2D eigenvalue weighted by Gasteiger charge is -2.17. The van der Waals surface area contributed by atoms with Crippen LogP contribution in [0.1, 0.15) is 18.4 Å². The third kappa shape index (κ3) is 3.82. The average Bonchev–Trinajstić information content (AvgIpc) is 2.91. The number of anilines is 1.